The molecule has 1 aromatic heterocycles. The molecule has 178 valence electrons. The van der Waals surface area contributed by atoms with Gasteiger partial charge in [0.15, 0.2) is 11.6 Å². The fraction of sp³-hybridized carbons (Fsp3) is 0.560. The van der Waals surface area contributed by atoms with E-state index in [-0.39, 0.29) is 17.5 Å². The molecule has 9 heteroatoms. The minimum atomic E-state index is -0.374. The molecular weight excluding hydrogens is 432 g/mol. The Hall–Kier alpha value is -2.91. The van der Waals surface area contributed by atoms with Crippen molar-refractivity contribution in [3.63, 3.8) is 0 Å². The largest absolute Gasteiger partial charge is 0.497 e. The summed E-state index contributed by atoms with van der Waals surface area (Å²) in [4.78, 5) is 22.2. The Balaban J connectivity index is 1.07. The van der Waals surface area contributed by atoms with Gasteiger partial charge in [-0.25, -0.2) is 15.4 Å². The van der Waals surface area contributed by atoms with Crippen LogP contribution in [0.5, 0.6) is 11.5 Å². The van der Waals surface area contributed by atoms with Crippen molar-refractivity contribution in [3.05, 3.63) is 35.3 Å². The highest BCUT2D eigenvalue weighted by Gasteiger charge is 2.67. The summed E-state index contributed by atoms with van der Waals surface area (Å²) in [5.74, 6) is 4.68. The van der Waals surface area contributed by atoms with Crippen molar-refractivity contribution in [1.29, 1.82) is 0 Å². The van der Waals surface area contributed by atoms with Gasteiger partial charge in [-0.3, -0.25) is 10.2 Å². The number of rotatable bonds is 4. The molecule has 6 atom stereocenters. The van der Waals surface area contributed by atoms with Crippen LogP contribution in [0.25, 0.3) is 0 Å². The topological polar surface area (TPSA) is 109 Å². The van der Waals surface area contributed by atoms with Crippen LogP contribution >= 0.6 is 0 Å². The minimum Gasteiger partial charge on any atom is -0.497 e. The zero-order valence-corrected chi connectivity index (χ0v) is 19.5. The number of fused-ring (bicyclic) bond motifs is 4. The van der Waals surface area contributed by atoms with Crippen LogP contribution in [0.3, 0.4) is 0 Å². The van der Waals surface area contributed by atoms with Gasteiger partial charge >= 0.3 is 0 Å². The van der Waals surface area contributed by atoms with E-state index in [0.29, 0.717) is 30.4 Å². The molecule has 2 aliphatic carbocycles. The Morgan fingerprint density at radius 2 is 2.15 bits per heavy atom. The van der Waals surface area contributed by atoms with Crippen LogP contribution < -0.4 is 31.0 Å². The molecule has 4 unspecified atom stereocenters. The van der Waals surface area contributed by atoms with E-state index in [0.717, 1.165) is 72.2 Å². The Morgan fingerprint density at radius 1 is 1.24 bits per heavy atom. The first-order chi connectivity index (χ1) is 16.6. The van der Waals surface area contributed by atoms with Gasteiger partial charge in [0.2, 0.25) is 5.91 Å². The lowest BCUT2D eigenvalue weighted by molar-refractivity contribution is -0.118. The summed E-state index contributed by atoms with van der Waals surface area (Å²) in [5, 5.41) is 6.71. The van der Waals surface area contributed by atoms with Gasteiger partial charge < -0.3 is 20.1 Å². The number of amides is 1. The van der Waals surface area contributed by atoms with Crippen molar-refractivity contribution in [3.8, 4) is 11.5 Å². The quantitative estimate of drug-likeness (QED) is 0.548. The highest BCUT2D eigenvalue weighted by molar-refractivity contribution is 6.09. The van der Waals surface area contributed by atoms with Gasteiger partial charge in [0, 0.05) is 24.1 Å². The maximum atomic E-state index is 13.1. The van der Waals surface area contributed by atoms with E-state index in [1.807, 2.05) is 19.1 Å². The number of carbonyl (C=O) groups is 1. The number of ether oxygens (including phenoxy) is 2. The fourth-order valence-electron chi connectivity index (χ4n) is 6.95. The van der Waals surface area contributed by atoms with Crippen LogP contribution in [0, 0.1) is 24.7 Å². The van der Waals surface area contributed by atoms with Crippen LogP contribution in [-0.2, 0) is 16.6 Å². The molecule has 3 fully saturated rings. The summed E-state index contributed by atoms with van der Waals surface area (Å²) in [6.07, 6.45) is 5.13. The predicted molar refractivity (Wildman–Crippen MR) is 126 cm³/mol. The summed E-state index contributed by atoms with van der Waals surface area (Å²) in [6, 6.07) is 6.31. The van der Waals surface area contributed by atoms with Gasteiger partial charge in [0.05, 0.1) is 31.0 Å². The Kier molecular flexibility index (Phi) is 4.39. The average molecular weight is 463 g/mol. The van der Waals surface area contributed by atoms with Crippen LogP contribution in [0.1, 0.15) is 42.8 Å². The Morgan fingerprint density at radius 3 is 3.03 bits per heavy atom. The van der Waals surface area contributed by atoms with Crippen molar-refractivity contribution < 1.29 is 14.3 Å². The third-order valence-electron chi connectivity index (χ3n) is 8.67. The smallest absolute Gasteiger partial charge is 0.235 e. The second-order valence-corrected chi connectivity index (χ2v) is 10.4. The van der Waals surface area contributed by atoms with Gasteiger partial charge in [-0.2, -0.15) is 0 Å². The van der Waals surface area contributed by atoms with Gasteiger partial charge in [-0.05, 0) is 68.2 Å². The standard InChI is InChI=1S/C25H30N6O3/c1-12-26-19-7-8-34-21(19)23(27-12)29-22-15-5-3-13(9-20(15)30-31-22)17-11-25(17)16-10-14(33-2)4-6-18(16)28-24(25)32/h4,6,10,13,15,17,20,22,30-31H,3,5,7-9,11H2,1-2H3,(H,28,32)(H,26,27,29)/t13?,15?,17-,20?,22?,25-/m0/s1. The molecule has 34 heavy (non-hydrogen) atoms. The lowest BCUT2D eigenvalue weighted by atomic mass is 9.74. The Bertz CT molecular complexity index is 1190. The van der Waals surface area contributed by atoms with Crippen molar-refractivity contribution >= 4 is 17.4 Å². The fourth-order valence-corrected chi connectivity index (χ4v) is 6.95. The first kappa shape index (κ1) is 20.5. The van der Waals surface area contributed by atoms with E-state index in [1.54, 1.807) is 7.11 Å². The van der Waals surface area contributed by atoms with E-state index < -0.39 is 0 Å². The monoisotopic (exact) mass is 462 g/mol. The molecule has 1 saturated heterocycles. The molecule has 2 saturated carbocycles. The number of aryl methyl sites for hydroxylation is 1. The number of nitrogens with zero attached hydrogens (tertiary/aromatic N) is 2. The predicted octanol–water partition coefficient (Wildman–Crippen LogP) is 2.27. The first-order valence-electron chi connectivity index (χ1n) is 12.3. The first-order valence-corrected chi connectivity index (χ1v) is 12.3. The van der Waals surface area contributed by atoms with E-state index in [9.17, 15) is 4.79 Å². The highest BCUT2D eigenvalue weighted by Crippen LogP contribution is 2.65. The van der Waals surface area contributed by atoms with E-state index >= 15 is 0 Å². The second-order valence-electron chi connectivity index (χ2n) is 10.4. The van der Waals surface area contributed by atoms with Gasteiger partial charge in [-0.15, -0.1) is 0 Å². The third kappa shape index (κ3) is 2.89. The number of carbonyl (C=O) groups excluding carboxylic acids is 1. The van der Waals surface area contributed by atoms with Crippen molar-refractivity contribution in [2.24, 2.45) is 17.8 Å². The molecule has 3 aliphatic heterocycles. The maximum absolute atomic E-state index is 13.1. The zero-order valence-electron chi connectivity index (χ0n) is 19.5. The molecule has 0 bridgehead atoms. The van der Waals surface area contributed by atoms with Gasteiger partial charge in [0.1, 0.15) is 11.6 Å². The highest BCUT2D eigenvalue weighted by atomic mass is 16.5. The molecule has 4 heterocycles. The third-order valence-corrected chi connectivity index (χ3v) is 8.67. The molecule has 2 aromatic rings. The number of benzene rings is 1. The number of hydrogen-bond donors (Lipinski definition) is 4. The Labute approximate surface area is 198 Å². The lowest BCUT2D eigenvalue weighted by Gasteiger charge is -2.34. The molecule has 1 amide bonds. The summed E-state index contributed by atoms with van der Waals surface area (Å²) in [6.45, 7) is 2.59. The number of aromatic nitrogens is 2. The van der Waals surface area contributed by atoms with Crippen LogP contribution in [0.2, 0.25) is 0 Å². The van der Waals surface area contributed by atoms with Crippen molar-refractivity contribution in [1.82, 2.24) is 20.8 Å². The summed E-state index contributed by atoms with van der Waals surface area (Å²) in [5.41, 5.74) is 9.68. The van der Waals surface area contributed by atoms with Crippen LogP contribution in [0.4, 0.5) is 11.5 Å². The maximum Gasteiger partial charge on any atom is 0.235 e. The van der Waals surface area contributed by atoms with Crippen LogP contribution in [-0.4, -0.2) is 41.8 Å². The molecule has 1 aromatic carbocycles. The SMILES string of the molecule is COc1ccc2c(c1)[C@]1(C[C@H]1C1CCC3C(C1)NNC3Nc1nc(C)nc3c1OCC3)C(=O)N2. The molecule has 7 rings (SSSR count). The molecule has 4 N–H and O–H groups in total. The number of methoxy groups -OCH3 is 1. The molecule has 5 aliphatic rings. The molecule has 0 radical (unpaired) electrons. The van der Waals surface area contributed by atoms with E-state index in [2.05, 4.69) is 37.5 Å². The zero-order chi connectivity index (χ0) is 23.0. The summed E-state index contributed by atoms with van der Waals surface area (Å²) >= 11 is 0. The normalized spacial score (nSPS) is 34.8. The summed E-state index contributed by atoms with van der Waals surface area (Å²) < 4.78 is 11.3. The van der Waals surface area contributed by atoms with Crippen molar-refractivity contribution in [2.45, 2.75) is 56.7 Å². The molecular formula is C25H30N6O3. The van der Waals surface area contributed by atoms with Crippen molar-refractivity contribution in [2.75, 3.05) is 24.4 Å². The lowest BCUT2D eigenvalue weighted by Crippen LogP contribution is -2.39. The van der Waals surface area contributed by atoms with Crippen LogP contribution in [0.15, 0.2) is 18.2 Å². The van der Waals surface area contributed by atoms with Gasteiger partial charge in [-0.1, -0.05) is 0 Å². The summed E-state index contributed by atoms with van der Waals surface area (Å²) in [7, 11) is 1.68. The molecule has 9 nitrogen and oxygen atoms in total. The average Bonchev–Trinajstić information content (AvgIpc) is 3.07. The number of hydrogen-bond acceptors (Lipinski definition) is 8. The number of nitrogens with one attached hydrogen (secondary N) is 4. The van der Waals surface area contributed by atoms with E-state index in [4.69, 9.17) is 9.47 Å². The second kappa shape index (κ2) is 7.29. The molecule has 1 spiro atoms. The number of hydrazine groups is 1. The number of anilines is 2. The minimum absolute atomic E-state index is 0.0847. The van der Waals surface area contributed by atoms with E-state index in [1.165, 1.54) is 0 Å². The van der Waals surface area contributed by atoms with Gasteiger partial charge in [0.25, 0.3) is 0 Å².